The second-order valence-corrected chi connectivity index (χ2v) is 7.37. The van der Waals surface area contributed by atoms with Crippen LogP contribution in [0.25, 0.3) is 0 Å². The molecule has 1 atom stereocenters. The Kier molecular flexibility index (Phi) is 6.01. The van der Waals surface area contributed by atoms with Crippen LogP contribution in [0.1, 0.15) is 37.0 Å². The predicted octanol–water partition coefficient (Wildman–Crippen LogP) is 3.06. The van der Waals surface area contributed by atoms with Crippen LogP contribution in [0.15, 0.2) is 54.6 Å². The van der Waals surface area contributed by atoms with Gasteiger partial charge in [0.05, 0.1) is 0 Å². The van der Waals surface area contributed by atoms with E-state index in [4.69, 9.17) is 0 Å². The van der Waals surface area contributed by atoms with E-state index in [-0.39, 0.29) is 18.4 Å². The molecule has 29 heavy (non-hydrogen) atoms. The van der Waals surface area contributed by atoms with E-state index in [2.05, 4.69) is 12.2 Å². The highest BCUT2D eigenvalue weighted by Crippen LogP contribution is 2.32. The Balaban J connectivity index is 1.71. The van der Waals surface area contributed by atoms with E-state index < -0.39 is 11.6 Å². The van der Waals surface area contributed by atoms with E-state index in [1.165, 1.54) is 10.5 Å². The summed E-state index contributed by atoms with van der Waals surface area (Å²) in [7, 11) is 1.68. The lowest BCUT2D eigenvalue weighted by atomic mass is 9.87. The minimum absolute atomic E-state index is 0.275. The van der Waals surface area contributed by atoms with E-state index in [0.29, 0.717) is 13.0 Å². The van der Waals surface area contributed by atoms with Crippen molar-refractivity contribution in [2.45, 2.75) is 38.8 Å². The fourth-order valence-corrected chi connectivity index (χ4v) is 3.63. The van der Waals surface area contributed by atoms with Crippen LogP contribution in [0.3, 0.4) is 0 Å². The summed E-state index contributed by atoms with van der Waals surface area (Å²) in [5, 5.41) is 2.81. The molecule has 2 aromatic rings. The molecule has 6 nitrogen and oxygen atoms in total. The molecule has 2 aromatic carbocycles. The van der Waals surface area contributed by atoms with Crippen LogP contribution in [0.5, 0.6) is 0 Å². The Bertz CT molecular complexity index is 895. The molecule has 1 saturated heterocycles. The van der Waals surface area contributed by atoms with Gasteiger partial charge in [0, 0.05) is 13.6 Å². The highest BCUT2D eigenvalue weighted by molar-refractivity contribution is 6.09. The normalized spacial score (nSPS) is 18.7. The van der Waals surface area contributed by atoms with E-state index in [1.54, 1.807) is 7.05 Å². The molecular weight excluding hydrogens is 366 g/mol. The first-order valence-corrected chi connectivity index (χ1v) is 9.92. The standard InChI is InChI=1S/C23H27N3O3/c1-4-17-11-13-18(14-12-17)15-25(3)20(27)16-26-21(28)23(5-2,24-22(26)29)19-9-7-6-8-10-19/h6-14H,4-5,15-16H2,1-3H3,(H,24,29). The Morgan fingerprint density at radius 1 is 1.00 bits per heavy atom. The number of rotatable bonds is 7. The summed E-state index contributed by atoms with van der Waals surface area (Å²) in [6, 6.07) is 16.7. The maximum absolute atomic E-state index is 13.1. The average molecular weight is 393 g/mol. The van der Waals surface area contributed by atoms with Crippen molar-refractivity contribution in [2.24, 2.45) is 0 Å². The van der Waals surface area contributed by atoms with Gasteiger partial charge in [-0.05, 0) is 29.5 Å². The van der Waals surface area contributed by atoms with Crippen molar-refractivity contribution in [1.29, 1.82) is 0 Å². The number of imide groups is 1. The predicted molar refractivity (Wildman–Crippen MR) is 111 cm³/mol. The molecule has 1 heterocycles. The molecule has 1 aliphatic rings. The molecule has 1 fully saturated rings. The number of aryl methyl sites for hydroxylation is 1. The highest BCUT2D eigenvalue weighted by Gasteiger charge is 2.51. The third-order valence-corrected chi connectivity index (χ3v) is 5.54. The number of carbonyl (C=O) groups is 3. The van der Waals surface area contributed by atoms with Gasteiger partial charge in [0.25, 0.3) is 5.91 Å². The van der Waals surface area contributed by atoms with Gasteiger partial charge in [-0.2, -0.15) is 0 Å². The minimum Gasteiger partial charge on any atom is -0.340 e. The van der Waals surface area contributed by atoms with Crippen LogP contribution in [0.2, 0.25) is 0 Å². The van der Waals surface area contributed by atoms with Crippen molar-refractivity contribution in [1.82, 2.24) is 15.1 Å². The molecule has 4 amide bonds. The number of benzene rings is 2. The highest BCUT2D eigenvalue weighted by atomic mass is 16.2. The number of likely N-dealkylation sites (N-methyl/N-ethyl adjacent to an activating group) is 1. The SMILES string of the molecule is CCc1ccc(CN(C)C(=O)CN2C(=O)NC(CC)(c3ccccc3)C2=O)cc1. The van der Waals surface area contributed by atoms with Crippen molar-refractivity contribution in [3.05, 3.63) is 71.3 Å². The molecule has 3 rings (SSSR count). The zero-order valence-electron chi connectivity index (χ0n) is 17.1. The molecular formula is C23H27N3O3. The van der Waals surface area contributed by atoms with Crippen molar-refractivity contribution >= 4 is 17.8 Å². The smallest absolute Gasteiger partial charge is 0.325 e. The maximum Gasteiger partial charge on any atom is 0.325 e. The van der Waals surface area contributed by atoms with Crippen molar-refractivity contribution in [3.8, 4) is 0 Å². The number of nitrogens with zero attached hydrogens (tertiary/aromatic N) is 2. The average Bonchev–Trinajstić information content (AvgIpc) is 3.00. The molecule has 0 saturated carbocycles. The fourth-order valence-electron chi connectivity index (χ4n) is 3.63. The largest absolute Gasteiger partial charge is 0.340 e. The lowest BCUT2D eigenvalue weighted by Crippen LogP contribution is -2.45. The molecule has 0 radical (unpaired) electrons. The van der Waals surface area contributed by atoms with Gasteiger partial charge < -0.3 is 10.2 Å². The Hall–Kier alpha value is -3.15. The van der Waals surface area contributed by atoms with Crippen molar-refractivity contribution in [2.75, 3.05) is 13.6 Å². The number of nitrogens with one attached hydrogen (secondary N) is 1. The molecule has 0 aromatic heterocycles. The minimum atomic E-state index is -1.12. The quantitative estimate of drug-likeness (QED) is 0.735. The molecule has 1 aliphatic heterocycles. The lowest BCUT2D eigenvalue weighted by molar-refractivity contribution is -0.138. The topological polar surface area (TPSA) is 69.7 Å². The van der Waals surface area contributed by atoms with Gasteiger partial charge in [0.15, 0.2) is 0 Å². The van der Waals surface area contributed by atoms with Crippen LogP contribution in [-0.2, 0) is 28.1 Å². The Labute approximate surface area is 171 Å². The summed E-state index contributed by atoms with van der Waals surface area (Å²) in [5.41, 5.74) is 1.84. The van der Waals surface area contributed by atoms with Gasteiger partial charge in [-0.25, -0.2) is 4.79 Å². The zero-order valence-corrected chi connectivity index (χ0v) is 17.1. The van der Waals surface area contributed by atoms with Gasteiger partial charge in [0.2, 0.25) is 5.91 Å². The lowest BCUT2D eigenvalue weighted by Gasteiger charge is -2.26. The number of hydrogen-bond donors (Lipinski definition) is 1. The third-order valence-electron chi connectivity index (χ3n) is 5.54. The van der Waals surface area contributed by atoms with E-state index in [0.717, 1.165) is 22.4 Å². The van der Waals surface area contributed by atoms with Gasteiger partial charge >= 0.3 is 6.03 Å². The molecule has 1 N–H and O–H groups in total. The summed E-state index contributed by atoms with van der Waals surface area (Å²) in [4.78, 5) is 40.9. The summed E-state index contributed by atoms with van der Waals surface area (Å²) >= 11 is 0. The van der Waals surface area contributed by atoms with E-state index >= 15 is 0 Å². The van der Waals surface area contributed by atoms with Crippen LogP contribution >= 0.6 is 0 Å². The van der Waals surface area contributed by atoms with Gasteiger partial charge in [-0.15, -0.1) is 0 Å². The van der Waals surface area contributed by atoms with Crippen molar-refractivity contribution in [3.63, 3.8) is 0 Å². The molecule has 6 heteroatoms. The maximum atomic E-state index is 13.1. The Morgan fingerprint density at radius 2 is 1.62 bits per heavy atom. The number of carbonyl (C=O) groups excluding carboxylic acids is 3. The number of hydrogen-bond acceptors (Lipinski definition) is 3. The van der Waals surface area contributed by atoms with Crippen LogP contribution < -0.4 is 5.32 Å². The summed E-state index contributed by atoms with van der Waals surface area (Å²) < 4.78 is 0. The molecule has 0 aliphatic carbocycles. The monoisotopic (exact) mass is 393 g/mol. The number of amides is 4. The first kappa shape index (κ1) is 20.6. The second-order valence-electron chi connectivity index (χ2n) is 7.37. The van der Waals surface area contributed by atoms with Gasteiger partial charge in [0.1, 0.15) is 12.1 Å². The molecule has 0 bridgehead atoms. The van der Waals surface area contributed by atoms with Crippen LogP contribution in [-0.4, -0.2) is 41.2 Å². The summed E-state index contributed by atoms with van der Waals surface area (Å²) in [5.74, 6) is -0.668. The fraction of sp³-hybridized carbons (Fsp3) is 0.348. The third kappa shape index (κ3) is 4.01. The van der Waals surface area contributed by atoms with E-state index in [9.17, 15) is 14.4 Å². The summed E-state index contributed by atoms with van der Waals surface area (Å²) in [6.07, 6.45) is 1.37. The van der Waals surface area contributed by atoms with Gasteiger partial charge in [-0.3, -0.25) is 14.5 Å². The summed E-state index contributed by atoms with van der Waals surface area (Å²) in [6.45, 7) is 4.09. The van der Waals surface area contributed by atoms with E-state index in [1.807, 2.05) is 61.5 Å². The number of urea groups is 1. The first-order valence-electron chi connectivity index (χ1n) is 9.92. The molecule has 0 spiro atoms. The van der Waals surface area contributed by atoms with Gasteiger partial charge in [-0.1, -0.05) is 68.4 Å². The zero-order chi connectivity index (χ0) is 21.0. The van der Waals surface area contributed by atoms with Crippen LogP contribution in [0, 0.1) is 0 Å². The molecule has 1 unspecified atom stereocenters. The first-order chi connectivity index (χ1) is 13.9. The Morgan fingerprint density at radius 3 is 2.21 bits per heavy atom. The van der Waals surface area contributed by atoms with Crippen molar-refractivity contribution < 1.29 is 14.4 Å². The molecule has 152 valence electrons. The van der Waals surface area contributed by atoms with Crippen LogP contribution in [0.4, 0.5) is 4.79 Å². The second kappa shape index (κ2) is 8.47.